The predicted molar refractivity (Wildman–Crippen MR) is 257 cm³/mol. The van der Waals surface area contributed by atoms with Gasteiger partial charge in [0.15, 0.2) is 0 Å². The first-order valence-corrected chi connectivity index (χ1v) is 28.6. The molecule has 0 bridgehead atoms. The van der Waals surface area contributed by atoms with Gasteiger partial charge in [-0.15, -0.1) is 0 Å². The molecule has 0 spiro atoms. The predicted octanol–water partition coefficient (Wildman–Crippen LogP) is 7.48. The summed E-state index contributed by atoms with van der Waals surface area (Å²) >= 11 is 0. The Balaban J connectivity index is -0.000000278. The van der Waals surface area contributed by atoms with Crippen molar-refractivity contribution in [3.05, 3.63) is 0 Å². The number of hydrogen-bond donors (Lipinski definition) is 2. The van der Waals surface area contributed by atoms with Gasteiger partial charge in [0, 0.05) is 6.42 Å². The number of rotatable bonds is 47. The molecule has 0 aliphatic carbocycles. The molecule has 65 heavy (non-hydrogen) atoms. The average molecular weight is 991 g/mol. The molecule has 0 amide bonds. The third-order valence-corrected chi connectivity index (χ3v) is 12.0. The molecule has 0 aliphatic rings. The summed E-state index contributed by atoms with van der Waals surface area (Å²) < 4.78 is 74.0. The normalized spacial score (nSPS) is 11.7. The topological polar surface area (TPSA) is 200 Å². The van der Waals surface area contributed by atoms with Crippen molar-refractivity contribution < 1.29 is 113 Å². The van der Waals surface area contributed by atoms with Crippen molar-refractivity contribution in [3.63, 3.8) is 0 Å². The Kier molecular flexibility index (Phi) is 70.7. The first-order valence-electron chi connectivity index (χ1n) is 26.0. The SMILES string of the molecule is CCCCCCCCCCCCCCCCCC(=O)OCC(O)CO.CCCCCCCCCCCCCCCCOS(=O)(=O)[O-].CCCCCCCCCCCCOS(=O)(=O)[O-].[Na+].[Na+]. The van der Waals surface area contributed by atoms with Gasteiger partial charge in [-0.3, -0.25) is 13.2 Å². The maximum absolute atomic E-state index is 11.4. The fourth-order valence-corrected chi connectivity index (χ4v) is 7.81. The minimum absolute atomic E-state index is 0. The van der Waals surface area contributed by atoms with Crippen molar-refractivity contribution in [3.8, 4) is 0 Å². The average Bonchev–Trinajstić information content (AvgIpc) is 3.24. The molecule has 1 unspecified atom stereocenters. The van der Waals surface area contributed by atoms with Crippen molar-refractivity contribution in [2.75, 3.05) is 26.4 Å². The van der Waals surface area contributed by atoms with Gasteiger partial charge in [-0.1, -0.05) is 252 Å². The van der Waals surface area contributed by atoms with E-state index in [9.17, 15) is 30.7 Å². The zero-order chi connectivity index (χ0) is 47.4. The molecule has 0 fully saturated rings. The second-order valence-electron chi connectivity index (χ2n) is 17.5. The minimum Gasteiger partial charge on any atom is -0.726 e. The number of carbonyl (C=O) groups is 1. The summed E-state index contributed by atoms with van der Waals surface area (Å²) in [5.74, 6) is -0.276. The Labute approximate surface area is 446 Å². The zero-order valence-corrected chi connectivity index (χ0v) is 48.6. The molecule has 0 rings (SSSR count). The van der Waals surface area contributed by atoms with Crippen molar-refractivity contribution in [1.82, 2.24) is 0 Å². The Morgan fingerprint density at radius 3 is 0.846 bits per heavy atom. The molecule has 0 aliphatic heterocycles. The van der Waals surface area contributed by atoms with E-state index in [1.54, 1.807) is 0 Å². The number of aliphatic hydroxyl groups excluding tert-OH is 2. The van der Waals surface area contributed by atoms with Crippen LogP contribution in [0.25, 0.3) is 0 Å². The van der Waals surface area contributed by atoms with Crippen LogP contribution in [0.1, 0.15) is 278 Å². The number of aliphatic hydroxyl groups is 2. The molecular weight excluding hydrogens is 891 g/mol. The molecule has 2 N–H and O–H groups in total. The summed E-state index contributed by atoms with van der Waals surface area (Å²) in [4.78, 5) is 11.4. The second kappa shape index (κ2) is 61.3. The Hall–Kier alpha value is 1.13. The van der Waals surface area contributed by atoms with Crippen molar-refractivity contribution >= 4 is 26.8 Å². The fourth-order valence-electron chi connectivity index (χ4n) is 7.16. The summed E-state index contributed by atoms with van der Waals surface area (Å²) in [6.45, 7) is 6.32. The monoisotopic (exact) mass is 991 g/mol. The van der Waals surface area contributed by atoms with E-state index >= 15 is 0 Å². The molecule has 16 heteroatoms. The Morgan fingerprint density at radius 2 is 0.631 bits per heavy atom. The molecule has 0 aromatic carbocycles. The summed E-state index contributed by atoms with van der Waals surface area (Å²) in [6, 6.07) is 0. The van der Waals surface area contributed by atoms with Crippen LogP contribution in [-0.4, -0.2) is 74.7 Å². The fraction of sp³-hybridized carbons (Fsp3) is 0.980. The second-order valence-corrected chi connectivity index (χ2v) is 19.6. The van der Waals surface area contributed by atoms with E-state index in [-0.39, 0.29) is 91.5 Å². The summed E-state index contributed by atoms with van der Waals surface area (Å²) in [5, 5.41) is 17.7. The van der Waals surface area contributed by atoms with Crippen LogP contribution in [0.4, 0.5) is 0 Å². The van der Waals surface area contributed by atoms with Gasteiger partial charge in [0.2, 0.25) is 20.8 Å². The van der Waals surface area contributed by atoms with Gasteiger partial charge in [-0.05, 0) is 19.3 Å². The van der Waals surface area contributed by atoms with Crippen molar-refractivity contribution in [2.24, 2.45) is 0 Å². The first kappa shape index (κ1) is 75.1. The summed E-state index contributed by atoms with van der Waals surface area (Å²) in [6.07, 6.45) is 48.1. The summed E-state index contributed by atoms with van der Waals surface area (Å²) in [7, 11) is -8.98. The largest absolute Gasteiger partial charge is 1.00 e. The quantitative estimate of drug-likeness (QED) is 0.0201. The molecule has 0 saturated carbocycles. The standard InChI is InChI=1S/C21H42O4.C16H34O4S.C12H26O4S.2Na/c1-2-3-4-5-6-7-8-9-10-11-12-13-14-15-16-17-21(24)25-19-20(23)18-22;1-2-3-4-5-6-7-8-9-10-11-12-13-14-15-16-20-21(17,18)19;1-2-3-4-5-6-7-8-9-10-11-12-16-17(13,14)15;;/h20,22-23H,2-19H2,1H3;2-16H2,1H3,(H,17,18,19);2-12H2,1H3,(H,13,14,15);;/q;;;2*+1/p-2. The van der Waals surface area contributed by atoms with E-state index in [2.05, 4.69) is 29.1 Å². The van der Waals surface area contributed by atoms with Crippen LogP contribution in [0.15, 0.2) is 0 Å². The smallest absolute Gasteiger partial charge is 0.726 e. The van der Waals surface area contributed by atoms with Gasteiger partial charge in [-0.2, -0.15) is 0 Å². The van der Waals surface area contributed by atoms with Gasteiger partial charge < -0.3 is 24.1 Å². The molecular formula is C49H100Na2O12S2. The van der Waals surface area contributed by atoms with Crippen LogP contribution < -0.4 is 59.1 Å². The van der Waals surface area contributed by atoms with Crippen molar-refractivity contribution in [2.45, 2.75) is 284 Å². The third-order valence-electron chi connectivity index (χ3n) is 11.1. The van der Waals surface area contributed by atoms with Gasteiger partial charge in [0.1, 0.15) is 12.7 Å². The van der Waals surface area contributed by atoms with E-state index in [1.807, 2.05) is 0 Å². The molecule has 12 nitrogen and oxygen atoms in total. The Bertz CT molecular complexity index is 1120. The molecule has 0 aromatic heterocycles. The van der Waals surface area contributed by atoms with Gasteiger partial charge in [0.05, 0.1) is 19.8 Å². The number of carbonyl (C=O) groups excluding carboxylic acids is 1. The summed E-state index contributed by atoms with van der Waals surface area (Å²) in [5.41, 5.74) is 0. The molecule has 382 valence electrons. The number of ether oxygens (including phenoxy) is 1. The third kappa shape index (κ3) is 79.5. The number of unbranched alkanes of at least 4 members (excludes halogenated alkanes) is 36. The Morgan fingerprint density at radius 1 is 0.415 bits per heavy atom. The molecule has 1 atom stereocenters. The molecule has 0 aromatic rings. The van der Waals surface area contributed by atoms with Crippen LogP contribution in [-0.2, 0) is 38.7 Å². The molecule has 0 radical (unpaired) electrons. The van der Waals surface area contributed by atoms with E-state index in [4.69, 9.17) is 14.9 Å². The van der Waals surface area contributed by atoms with E-state index in [0.29, 0.717) is 19.3 Å². The maximum Gasteiger partial charge on any atom is 1.00 e. The van der Waals surface area contributed by atoms with Crippen LogP contribution in [0.5, 0.6) is 0 Å². The van der Waals surface area contributed by atoms with E-state index < -0.39 is 26.9 Å². The number of hydrogen-bond acceptors (Lipinski definition) is 12. The molecule has 0 heterocycles. The van der Waals surface area contributed by atoms with E-state index in [0.717, 1.165) is 38.5 Å². The van der Waals surface area contributed by atoms with Gasteiger partial charge >= 0.3 is 65.1 Å². The van der Waals surface area contributed by atoms with Crippen LogP contribution in [0.3, 0.4) is 0 Å². The number of esters is 1. The minimum atomic E-state index is -4.49. The van der Waals surface area contributed by atoms with E-state index in [1.165, 1.54) is 199 Å². The van der Waals surface area contributed by atoms with Crippen LogP contribution >= 0.6 is 0 Å². The van der Waals surface area contributed by atoms with Gasteiger partial charge in [-0.25, -0.2) is 16.8 Å². The molecule has 0 saturated heterocycles. The van der Waals surface area contributed by atoms with Crippen molar-refractivity contribution in [1.29, 1.82) is 0 Å². The zero-order valence-electron chi connectivity index (χ0n) is 43.0. The maximum atomic E-state index is 11.4. The first-order chi connectivity index (χ1) is 30.3. The van der Waals surface area contributed by atoms with Crippen LogP contribution in [0.2, 0.25) is 0 Å². The van der Waals surface area contributed by atoms with Gasteiger partial charge in [0.25, 0.3) is 0 Å². The van der Waals surface area contributed by atoms with Crippen LogP contribution in [0, 0.1) is 0 Å².